The van der Waals surface area contributed by atoms with Crippen LogP contribution < -0.4 is 10.1 Å². The van der Waals surface area contributed by atoms with E-state index in [1.807, 2.05) is 32.0 Å². The number of carbonyl (C=O) groups excluding carboxylic acids is 1. The van der Waals surface area contributed by atoms with Gasteiger partial charge >= 0.3 is 0 Å². The third-order valence-corrected chi connectivity index (χ3v) is 2.69. The lowest BCUT2D eigenvalue weighted by atomic mass is 10.1. The molecule has 1 amide bonds. The van der Waals surface area contributed by atoms with Crippen LogP contribution in [0.4, 0.5) is 0 Å². The molecule has 1 N–H and O–H groups in total. The molecule has 0 saturated heterocycles. The first-order valence-corrected chi connectivity index (χ1v) is 5.52. The number of methoxy groups -OCH3 is 1. The van der Waals surface area contributed by atoms with Gasteiger partial charge in [-0.25, -0.2) is 0 Å². The van der Waals surface area contributed by atoms with E-state index in [1.54, 1.807) is 7.11 Å². The minimum absolute atomic E-state index is 0.180. The van der Waals surface area contributed by atoms with Crippen LogP contribution in [0.3, 0.4) is 0 Å². The lowest BCUT2D eigenvalue weighted by molar-refractivity contribution is 0.0929. The Hall–Kier alpha value is -1.97. The highest BCUT2D eigenvalue weighted by Crippen LogP contribution is 2.28. The molecule has 0 radical (unpaired) electrons. The molecule has 0 atom stereocenters. The topological polar surface area (TPSA) is 51.5 Å². The molecule has 2 rings (SSSR count). The first kappa shape index (κ1) is 11.5. The SMILES string of the molecule is CCNC(=O)c1oc2ccc(OC)cc2c1C. The zero-order valence-corrected chi connectivity index (χ0v) is 10.2. The van der Waals surface area contributed by atoms with Gasteiger partial charge in [-0.1, -0.05) is 0 Å². The van der Waals surface area contributed by atoms with Crippen molar-refractivity contribution in [2.75, 3.05) is 13.7 Å². The molecule has 4 heteroatoms. The van der Waals surface area contributed by atoms with E-state index in [2.05, 4.69) is 5.32 Å². The normalized spacial score (nSPS) is 10.5. The monoisotopic (exact) mass is 233 g/mol. The molecule has 1 heterocycles. The van der Waals surface area contributed by atoms with Gasteiger partial charge in [0, 0.05) is 17.5 Å². The van der Waals surface area contributed by atoms with Crippen molar-refractivity contribution in [1.29, 1.82) is 0 Å². The summed E-state index contributed by atoms with van der Waals surface area (Å²) in [5.74, 6) is 0.944. The molecule has 17 heavy (non-hydrogen) atoms. The summed E-state index contributed by atoms with van der Waals surface area (Å²) < 4.78 is 10.7. The maximum Gasteiger partial charge on any atom is 0.287 e. The van der Waals surface area contributed by atoms with Crippen molar-refractivity contribution in [1.82, 2.24) is 5.32 Å². The van der Waals surface area contributed by atoms with Gasteiger partial charge in [-0.2, -0.15) is 0 Å². The molecule has 0 aliphatic carbocycles. The van der Waals surface area contributed by atoms with Crippen molar-refractivity contribution >= 4 is 16.9 Å². The van der Waals surface area contributed by atoms with Gasteiger partial charge in [0.05, 0.1) is 7.11 Å². The number of furan rings is 1. The Kier molecular flexibility index (Phi) is 3.04. The quantitative estimate of drug-likeness (QED) is 0.886. The van der Waals surface area contributed by atoms with Crippen molar-refractivity contribution in [3.63, 3.8) is 0 Å². The van der Waals surface area contributed by atoms with Crippen LogP contribution in [0.25, 0.3) is 11.0 Å². The van der Waals surface area contributed by atoms with Crippen LogP contribution in [0.15, 0.2) is 22.6 Å². The maximum absolute atomic E-state index is 11.8. The molecule has 0 unspecified atom stereocenters. The highest BCUT2D eigenvalue weighted by Gasteiger charge is 2.17. The van der Waals surface area contributed by atoms with Gasteiger partial charge in [0.2, 0.25) is 0 Å². The van der Waals surface area contributed by atoms with E-state index in [1.165, 1.54) is 0 Å². The molecule has 1 aromatic heterocycles. The summed E-state index contributed by atoms with van der Waals surface area (Å²) in [6.07, 6.45) is 0. The lowest BCUT2D eigenvalue weighted by Gasteiger charge is -1.98. The summed E-state index contributed by atoms with van der Waals surface area (Å²) >= 11 is 0. The molecule has 0 saturated carbocycles. The molecule has 0 bridgehead atoms. The van der Waals surface area contributed by atoms with E-state index in [0.29, 0.717) is 17.9 Å². The van der Waals surface area contributed by atoms with Gasteiger partial charge < -0.3 is 14.5 Å². The summed E-state index contributed by atoms with van der Waals surface area (Å²) in [4.78, 5) is 11.8. The lowest BCUT2D eigenvalue weighted by Crippen LogP contribution is -2.22. The van der Waals surface area contributed by atoms with Crippen LogP contribution in [0.2, 0.25) is 0 Å². The average Bonchev–Trinajstić information content (AvgIpc) is 2.67. The first-order valence-electron chi connectivity index (χ1n) is 5.52. The van der Waals surface area contributed by atoms with Crippen molar-refractivity contribution < 1.29 is 13.9 Å². The molecular formula is C13H15NO3. The fourth-order valence-corrected chi connectivity index (χ4v) is 1.78. The second-order valence-electron chi connectivity index (χ2n) is 3.78. The Balaban J connectivity index is 2.53. The summed E-state index contributed by atoms with van der Waals surface area (Å²) in [5.41, 5.74) is 1.54. The number of nitrogens with one attached hydrogen (secondary N) is 1. The van der Waals surface area contributed by atoms with Gasteiger partial charge in [-0.15, -0.1) is 0 Å². The summed E-state index contributed by atoms with van der Waals surface area (Å²) in [7, 11) is 1.61. The summed E-state index contributed by atoms with van der Waals surface area (Å²) in [6, 6.07) is 5.49. The van der Waals surface area contributed by atoms with E-state index in [4.69, 9.17) is 9.15 Å². The number of fused-ring (bicyclic) bond motifs is 1. The fraction of sp³-hybridized carbons (Fsp3) is 0.308. The molecule has 1 aromatic carbocycles. The summed E-state index contributed by atoms with van der Waals surface area (Å²) in [6.45, 7) is 4.33. The Bertz CT molecular complexity index is 557. The van der Waals surface area contributed by atoms with Crippen LogP contribution in [0.5, 0.6) is 5.75 Å². The number of rotatable bonds is 3. The van der Waals surface area contributed by atoms with Gasteiger partial charge in [-0.3, -0.25) is 4.79 Å². The largest absolute Gasteiger partial charge is 0.497 e. The Morgan fingerprint density at radius 3 is 2.88 bits per heavy atom. The first-order chi connectivity index (χ1) is 8.17. The van der Waals surface area contributed by atoms with E-state index < -0.39 is 0 Å². The van der Waals surface area contributed by atoms with Gasteiger partial charge in [0.15, 0.2) is 5.76 Å². The predicted molar refractivity (Wildman–Crippen MR) is 65.5 cm³/mol. The minimum atomic E-state index is -0.180. The number of ether oxygens (including phenoxy) is 1. The van der Waals surface area contributed by atoms with Gasteiger partial charge in [0.25, 0.3) is 5.91 Å². The van der Waals surface area contributed by atoms with Crippen LogP contribution in [-0.2, 0) is 0 Å². The Labute approximate surface area is 99.6 Å². The zero-order valence-electron chi connectivity index (χ0n) is 10.2. The molecule has 0 fully saturated rings. The fourth-order valence-electron chi connectivity index (χ4n) is 1.78. The molecule has 0 spiro atoms. The van der Waals surface area contributed by atoms with Crippen molar-refractivity contribution in [3.05, 3.63) is 29.5 Å². The van der Waals surface area contributed by atoms with E-state index in [9.17, 15) is 4.79 Å². The number of hydrogen-bond donors (Lipinski definition) is 1. The van der Waals surface area contributed by atoms with E-state index >= 15 is 0 Å². The molecular weight excluding hydrogens is 218 g/mol. The van der Waals surface area contributed by atoms with Crippen molar-refractivity contribution in [2.45, 2.75) is 13.8 Å². The van der Waals surface area contributed by atoms with Gasteiger partial charge in [0.1, 0.15) is 11.3 Å². The smallest absolute Gasteiger partial charge is 0.287 e. The van der Waals surface area contributed by atoms with Crippen LogP contribution >= 0.6 is 0 Å². The molecule has 90 valence electrons. The number of carbonyl (C=O) groups is 1. The van der Waals surface area contributed by atoms with E-state index in [0.717, 1.165) is 16.7 Å². The standard InChI is InChI=1S/C13H15NO3/c1-4-14-13(15)12-8(2)10-7-9(16-3)5-6-11(10)17-12/h5-7H,4H2,1-3H3,(H,14,15). The number of aryl methyl sites for hydroxylation is 1. The number of hydrogen-bond acceptors (Lipinski definition) is 3. The zero-order chi connectivity index (χ0) is 12.4. The molecule has 4 nitrogen and oxygen atoms in total. The highest BCUT2D eigenvalue weighted by atomic mass is 16.5. The second kappa shape index (κ2) is 4.49. The van der Waals surface area contributed by atoms with Crippen LogP contribution in [0.1, 0.15) is 23.0 Å². The highest BCUT2D eigenvalue weighted by molar-refractivity contribution is 5.99. The minimum Gasteiger partial charge on any atom is -0.497 e. The molecule has 2 aromatic rings. The average molecular weight is 233 g/mol. The number of benzene rings is 1. The maximum atomic E-state index is 11.8. The third-order valence-electron chi connectivity index (χ3n) is 2.69. The van der Waals surface area contributed by atoms with Crippen molar-refractivity contribution in [2.24, 2.45) is 0 Å². The Morgan fingerprint density at radius 2 is 2.24 bits per heavy atom. The van der Waals surface area contributed by atoms with Crippen LogP contribution in [-0.4, -0.2) is 19.6 Å². The molecule has 0 aliphatic heterocycles. The summed E-state index contributed by atoms with van der Waals surface area (Å²) in [5, 5.41) is 3.64. The van der Waals surface area contributed by atoms with Crippen LogP contribution in [0, 0.1) is 6.92 Å². The van der Waals surface area contributed by atoms with E-state index in [-0.39, 0.29) is 5.91 Å². The third kappa shape index (κ3) is 1.98. The molecule has 0 aliphatic rings. The Morgan fingerprint density at radius 1 is 1.47 bits per heavy atom. The van der Waals surface area contributed by atoms with Crippen molar-refractivity contribution in [3.8, 4) is 5.75 Å². The second-order valence-corrected chi connectivity index (χ2v) is 3.78. The predicted octanol–water partition coefficient (Wildman–Crippen LogP) is 2.50. The number of amides is 1. The van der Waals surface area contributed by atoms with Gasteiger partial charge in [-0.05, 0) is 32.0 Å².